The first-order chi connectivity index (χ1) is 11.2. The van der Waals surface area contributed by atoms with Crippen LogP contribution in [0.25, 0.3) is 0 Å². The predicted octanol–water partition coefficient (Wildman–Crippen LogP) is 2.52. The molecule has 0 saturated carbocycles. The van der Waals surface area contributed by atoms with Gasteiger partial charge in [-0.15, -0.1) is 0 Å². The first kappa shape index (κ1) is 15.8. The zero-order chi connectivity index (χ0) is 16.1. The SMILES string of the molecule is CC(C(=O)Nc1ccccc1CN1CCOCC1)n1cccc1. The first-order valence-electron chi connectivity index (χ1n) is 8.05. The number of rotatable bonds is 5. The van der Waals surface area contributed by atoms with Gasteiger partial charge in [-0.1, -0.05) is 18.2 Å². The molecule has 1 unspecified atom stereocenters. The highest BCUT2D eigenvalue weighted by atomic mass is 16.5. The van der Waals surface area contributed by atoms with E-state index in [4.69, 9.17) is 4.74 Å². The molecule has 0 spiro atoms. The Balaban J connectivity index is 1.68. The van der Waals surface area contributed by atoms with Crippen molar-refractivity contribution in [3.8, 4) is 0 Å². The third kappa shape index (κ3) is 4.00. The van der Waals surface area contributed by atoms with Crippen LogP contribution in [0.4, 0.5) is 5.69 Å². The van der Waals surface area contributed by atoms with E-state index in [1.807, 2.05) is 54.2 Å². The number of nitrogens with one attached hydrogen (secondary N) is 1. The second-order valence-corrected chi connectivity index (χ2v) is 5.84. The van der Waals surface area contributed by atoms with Gasteiger partial charge in [-0.25, -0.2) is 0 Å². The summed E-state index contributed by atoms with van der Waals surface area (Å²) in [6.45, 7) is 6.15. The van der Waals surface area contributed by atoms with Crippen molar-refractivity contribution in [2.75, 3.05) is 31.6 Å². The second-order valence-electron chi connectivity index (χ2n) is 5.84. The Hall–Kier alpha value is -2.11. The summed E-state index contributed by atoms with van der Waals surface area (Å²) in [4.78, 5) is 14.8. The van der Waals surface area contributed by atoms with Gasteiger partial charge in [-0.2, -0.15) is 0 Å². The molecule has 1 saturated heterocycles. The van der Waals surface area contributed by atoms with E-state index in [0.29, 0.717) is 0 Å². The van der Waals surface area contributed by atoms with Crippen LogP contribution in [0.1, 0.15) is 18.5 Å². The molecule has 3 rings (SSSR count). The molecule has 0 radical (unpaired) electrons. The van der Waals surface area contributed by atoms with Crippen molar-refractivity contribution in [2.45, 2.75) is 19.5 Å². The van der Waals surface area contributed by atoms with Crippen molar-refractivity contribution in [3.63, 3.8) is 0 Å². The van der Waals surface area contributed by atoms with Gasteiger partial charge in [0.1, 0.15) is 6.04 Å². The number of nitrogens with zero attached hydrogens (tertiary/aromatic N) is 2. The number of anilines is 1. The minimum Gasteiger partial charge on any atom is -0.379 e. The van der Waals surface area contributed by atoms with Gasteiger partial charge >= 0.3 is 0 Å². The van der Waals surface area contributed by atoms with Crippen molar-refractivity contribution in [2.24, 2.45) is 0 Å². The lowest BCUT2D eigenvalue weighted by Crippen LogP contribution is -2.36. The molecule has 1 aliphatic rings. The number of morpholine rings is 1. The number of hydrogen-bond acceptors (Lipinski definition) is 3. The largest absolute Gasteiger partial charge is 0.379 e. The van der Waals surface area contributed by atoms with E-state index in [1.54, 1.807) is 0 Å². The highest BCUT2D eigenvalue weighted by Crippen LogP contribution is 2.19. The molecular weight excluding hydrogens is 290 g/mol. The maximum absolute atomic E-state index is 12.5. The lowest BCUT2D eigenvalue weighted by molar-refractivity contribution is -0.118. The molecule has 0 bridgehead atoms. The van der Waals surface area contributed by atoms with Crippen LogP contribution in [0.15, 0.2) is 48.8 Å². The van der Waals surface area contributed by atoms with Crippen LogP contribution in [0.5, 0.6) is 0 Å². The molecule has 1 fully saturated rings. The molecule has 5 heteroatoms. The Morgan fingerprint density at radius 3 is 2.61 bits per heavy atom. The molecule has 2 heterocycles. The maximum Gasteiger partial charge on any atom is 0.247 e. The van der Waals surface area contributed by atoms with Gasteiger partial charge in [0.05, 0.1) is 13.2 Å². The Bertz CT molecular complexity index is 633. The van der Waals surface area contributed by atoms with Crippen LogP contribution in [0, 0.1) is 0 Å². The van der Waals surface area contributed by atoms with Crippen molar-refractivity contribution >= 4 is 11.6 Å². The van der Waals surface area contributed by atoms with E-state index in [0.717, 1.165) is 44.1 Å². The number of benzene rings is 1. The normalized spacial score (nSPS) is 16.9. The molecule has 0 aliphatic carbocycles. The first-order valence-corrected chi connectivity index (χ1v) is 8.05. The number of ether oxygens (including phenoxy) is 1. The standard InChI is InChI=1S/C18H23N3O2/c1-15(21-8-4-5-9-21)18(22)19-17-7-3-2-6-16(17)14-20-10-12-23-13-11-20/h2-9,15H,10-14H2,1H3,(H,19,22). The van der Waals surface area contributed by atoms with Crippen LogP contribution < -0.4 is 5.32 Å². The third-order valence-electron chi connectivity index (χ3n) is 4.23. The van der Waals surface area contributed by atoms with Crippen LogP contribution in [-0.4, -0.2) is 41.7 Å². The van der Waals surface area contributed by atoms with Gasteiger partial charge in [0.2, 0.25) is 5.91 Å². The summed E-state index contributed by atoms with van der Waals surface area (Å²) in [5.41, 5.74) is 2.03. The fourth-order valence-corrected chi connectivity index (χ4v) is 2.76. The lowest BCUT2D eigenvalue weighted by Gasteiger charge is -2.27. The minimum atomic E-state index is -0.235. The monoisotopic (exact) mass is 313 g/mol. The Kier molecular flexibility index (Phi) is 5.10. The van der Waals surface area contributed by atoms with Gasteiger partial charge in [0.25, 0.3) is 0 Å². The summed E-state index contributed by atoms with van der Waals surface area (Å²) in [6, 6.07) is 11.6. The molecular formula is C18H23N3O2. The molecule has 1 aromatic carbocycles. The zero-order valence-corrected chi connectivity index (χ0v) is 13.4. The number of amides is 1. The minimum absolute atomic E-state index is 0.00405. The highest BCUT2D eigenvalue weighted by molar-refractivity contribution is 5.94. The highest BCUT2D eigenvalue weighted by Gasteiger charge is 2.17. The third-order valence-corrected chi connectivity index (χ3v) is 4.23. The Labute approximate surface area is 136 Å². The molecule has 122 valence electrons. The smallest absolute Gasteiger partial charge is 0.247 e. The van der Waals surface area contributed by atoms with Crippen molar-refractivity contribution in [1.82, 2.24) is 9.47 Å². The van der Waals surface area contributed by atoms with E-state index in [1.165, 1.54) is 0 Å². The van der Waals surface area contributed by atoms with E-state index in [2.05, 4.69) is 16.3 Å². The van der Waals surface area contributed by atoms with Gasteiger partial charge in [-0.3, -0.25) is 9.69 Å². The van der Waals surface area contributed by atoms with Gasteiger partial charge in [0, 0.05) is 37.7 Å². The molecule has 5 nitrogen and oxygen atoms in total. The summed E-state index contributed by atoms with van der Waals surface area (Å²) in [6.07, 6.45) is 3.81. The zero-order valence-electron chi connectivity index (χ0n) is 13.4. The van der Waals surface area contributed by atoms with E-state index < -0.39 is 0 Å². The average molecular weight is 313 g/mol. The summed E-state index contributed by atoms with van der Waals surface area (Å²) >= 11 is 0. The Morgan fingerprint density at radius 1 is 1.17 bits per heavy atom. The molecule has 23 heavy (non-hydrogen) atoms. The van der Waals surface area contributed by atoms with E-state index in [9.17, 15) is 4.79 Å². The number of carbonyl (C=O) groups is 1. The number of para-hydroxylation sites is 1. The number of aromatic nitrogens is 1. The molecule has 1 atom stereocenters. The van der Waals surface area contributed by atoms with E-state index in [-0.39, 0.29) is 11.9 Å². The fraction of sp³-hybridized carbons (Fsp3) is 0.389. The van der Waals surface area contributed by atoms with Crippen LogP contribution in [0.3, 0.4) is 0 Å². The topological polar surface area (TPSA) is 46.5 Å². The van der Waals surface area contributed by atoms with Gasteiger partial charge < -0.3 is 14.6 Å². The molecule has 1 aromatic heterocycles. The number of carbonyl (C=O) groups excluding carboxylic acids is 1. The molecule has 1 aliphatic heterocycles. The summed E-state index contributed by atoms with van der Waals surface area (Å²) in [5, 5.41) is 3.07. The van der Waals surface area contributed by atoms with Crippen molar-refractivity contribution in [3.05, 3.63) is 54.4 Å². The Morgan fingerprint density at radius 2 is 1.87 bits per heavy atom. The summed E-state index contributed by atoms with van der Waals surface area (Å²) in [5.74, 6) is -0.00405. The molecule has 2 aromatic rings. The quantitative estimate of drug-likeness (QED) is 0.922. The van der Waals surface area contributed by atoms with Gasteiger partial charge in [-0.05, 0) is 30.7 Å². The molecule has 1 amide bonds. The average Bonchev–Trinajstić information content (AvgIpc) is 3.11. The van der Waals surface area contributed by atoms with Crippen LogP contribution >= 0.6 is 0 Å². The van der Waals surface area contributed by atoms with Gasteiger partial charge in [0.15, 0.2) is 0 Å². The van der Waals surface area contributed by atoms with Crippen molar-refractivity contribution in [1.29, 1.82) is 0 Å². The van der Waals surface area contributed by atoms with Crippen LogP contribution in [-0.2, 0) is 16.1 Å². The maximum atomic E-state index is 12.5. The number of hydrogen-bond donors (Lipinski definition) is 1. The summed E-state index contributed by atoms with van der Waals surface area (Å²) < 4.78 is 7.29. The van der Waals surface area contributed by atoms with Crippen LogP contribution in [0.2, 0.25) is 0 Å². The second kappa shape index (κ2) is 7.44. The fourth-order valence-electron chi connectivity index (χ4n) is 2.76. The summed E-state index contributed by atoms with van der Waals surface area (Å²) in [7, 11) is 0. The molecule has 1 N–H and O–H groups in total. The predicted molar refractivity (Wildman–Crippen MR) is 90.3 cm³/mol. The van der Waals surface area contributed by atoms with E-state index >= 15 is 0 Å². The van der Waals surface area contributed by atoms with Crippen molar-refractivity contribution < 1.29 is 9.53 Å². The lowest BCUT2D eigenvalue weighted by atomic mass is 10.1.